The van der Waals surface area contributed by atoms with Crippen LogP contribution in [0.4, 0.5) is 0 Å². The van der Waals surface area contributed by atoms with E-state index in [1.54, 1.807) is 6.20 Å². The zero-order valence-corrected chi connectivity index (χ0v) is 18.5. The second-order valence-corrected chi connectivity index (χ2v) is 8.63. The second kappa shape index (κ2) is 10.9. The van der Waals surface area contributed by atoms with E-state index in [1.807, 2.05) is 60.7 Å². The van der Waals surface area contributed by atoms with Crippen LogP contribution in [-0.2, 0) is 19.6 Å². The summed E-state index contributed by atoms with van der Waals surface area (Å²) in [4.78, 5) is 8.99. The van der Waals surface area contributed by atoms with Crippen LogP contribution in [0.2, 0.25) is 5.02 Å². The van der Waals surface area contributed by atoms with E-state index in [1.165, 1.54) is 0 Å². The molecule has 0 aliphatic heterocycles. The van der Waals surface area contributed by atoms with Crippen LogP contribution in [0.25, 0.3) is 0 Å². The average Bonchev–Trinajstić information content (AvgIpc) is 3.12. The van der Waals surface area contributed by atoms with Crippen LogP contribution in [0, 0.1) is 11.8 Å². The number of aliphatic hydroxyl groups is 2. The molecular formula is C25H28ClN3O3. The van der Waals surface area contributed by atoms with Gasteiger partial charge in [-0.05, 0) is 54.7 Å². The van der Waals surface area contributed by atoms with Crippen molar-refractivity contribution < 1.29 is 14.9 Å². The van der Waals surface area contributed by atoms with E-state index in [4.69, 9.17) is 16.3 Å². The van der Waals surface area contributed by atoms with Gasteiger partial charge in [0.25, 0.3) is 0 Å². The monoisotopic (exact) mass is 453 g/mol. The first-order valence-corrected chi connectivity index (χ1v) is 11.3. The maximum Gasteiger partial charge on any atom is 0.166 e. The fourth-order valence-corrected chi connectivity index (χ4v) is 4.49. The summed E-state index contributed by atoms with van der Waals surface area (Å²) in [6.45, 7) is 0.899. The number of hydrogen-bond donors (Lipinski definition) is 3. The van der Waals surface area contributed by atoms with E-state index in [9.17, 15) is 10.2 Å². The molecule has 168 valence electrons. The summed E-state index contributed by atoms with van der Waals surface area (Å²) in [5, 5.41) is 24.7. The molecule has 2 aromatic carbocycles. The molecule has 7 heteroatoms. The molecule has 0 unspecified atom stereocenters. The molecule has 4 rings (SSSR count). The van der Waals surface area contributed by atoms with Gasteiger partial charge in [-0.3, -0.25) is 0 Å². The molecule has 1 saturated carbocycles. The predicted octanol–water partition coefficient (Wildman–Crippen LogP) is 3.40. The predicted molar refractivity (Wildman–Crippen MR) is 123 cm³/mol. The van der Waals surface area contributed by atoms with Crippen LogP contribution >= 0.6 is 11.6 Å². The van der Waals surface area contributed by atoms with Gasteiger partial charge < -0.3 is 20.3 Å². The molecule has 0 amide bonds. The number of nitrogens with one attached hydrogen (secondary N) is 1. The first-order chi connectivity index (χ1) is 15.6. The summed E-state index contributed by atoms with van der Waals surface area (Å²) in [6, 6.07) is 19.2. The number of aliphatic hydroxyl groups excluding tert-OH is 2. The lowest BCUT2D eigenvalue weighted by atomic mass is 9.88. The molecule has 3 N–H and O–H groups in total. The highest BCUT2D eigenvalue weighted by Gasteiger charge is 2.42. The van der Waals surface area contributed by atoms with Gasteiger partial charge in [0.2, 0.25) is 0 Å². The van der Waals surface area contributed by atoms with Crippen LogP contribution in [0.1, 0.15) is 23.5 Å². The molecule has 4 atom stereocenters. The molecular weight excluding hydrogens is 426 g/mol. The summed E-state index contributed by atoms with van der Waals surface area (Å²) in [7, 11) is 0. The van der Waals surface area contributed by atoms with E-state index < -0.39 is 6.10 Å². The Hall–Kier alpha value is -2.51. The molecule has 1 heterocycles. The summed E-state index contributed by atoms with van der Waals surface area (Å²) >= 11 is 5.98. The van der Waals surface area contributed by atoms with Crippen molar-refractivity contribution in [3.05, 3.63) is 89.0 Å². The summed E-state index contributed by atoms with van der Waals surface area (Å²) < 4.78 is 5.77. The highest BCUT2D eigenvalue weighted by Crippen LogP contribution is 2.35. The Morgan fingerprint density at radius 2 is 1.81 bits per heavy atom. The maximum absolute atomic E-state index is 10.5. The molecule has 1 aromatic heterocycles. The normalized spacial score (nSPS) is 22.7. The molecule has 1 aliphatic carbocycles. The van der Waals surface area contributed by atoms with Gasteiger partial charge in [0.05, 0.1) is 6.10 Å². The maximum atomic E-state index is 10.5. The number of benzene rings is 2. The lowest BCUT2D eigenvalue weighted by Crippen LogP contribution is -2.36. The number of nitrogens with zero attached hydrogens (tertiary/aromatic N) is 2. The SMILES string of the molecule is OC[C@@H]1[C@@H](Cc2ccnc(COc3ccccc3)n2)[C@H](NCc2ccc(Cl)cc2)C[C@H]1O. The van der Waals surface area contributed by atoms with Crippen molar-refractivity contribution in [1.29, 1.82) is 0 Å². The van der Waals surface area contributed by atoms with E-state index in [-0.39, 0.29) is 31.1 Å². The minimum absolute atomic E-state index is 0.0555. The summed E-state index contributed by atoms with van der Waals surface area (Å²) in [5.41, 5.74) is 2.00. The number of para-hydroxylation sites is 1. The van der Waals surface area contributed by atoms with Gasteiger partial charge in [-0.1, -0.05) is 41.9 Å². The van der Waals surface area contributed by atoms with Crippen LogP contribution in [-0.4, -0.2) is 38.9 Å². The number of rotatable bonds is 9. The van der Waals surface area contributed by atoms with E-state index >= 15 is 0 Å². The topological polar surface area (TPSA) is 87.5 Å². The van der Waals surface area contributed by atoms with Gasteiger partial charge in [-0.25, -0.2) is 9.97 Å². The van der Waals surface area contributed by atoms with Gasteiger partial charge in [0, 0.05) is 42.0 Å². The molecule has 1 aliphatic rings. The average molecular weight is 454 g/mol. The third-order valence-electron chi connectivity index (χ3n) is 6.07. The van der Waals surface area contributed by atoms with Crippen molar-refractivity contribution in [2.24, 2.45) is 11.8 Å². The Morgan fingerprint density at radius 1 is 1.03 bits per heavy atom. The smallest absolute Gasteiger partial charge is 0.166 e. The molecule has 0 bridgehead atoms. The number of hydrogen-bond acceptors (Lipinski definition) is 6. The third kappa shape index (κ3) is 5.84. The number of halogens is 1. The Morgan fingerprint density at radius 3 is 2.56 bits per heavy atom. The van der Waals surface area contributed by atoms with Gasteiger partial charge in [0.15, 0.2) is 5.82 Å². The molecule has 6 nitrogen and oxygen atoms in total. The number of aromatic nitrogens is 2. The van der Waals surface area contributed by atoms with E-state index in [0.717, 1.165) is 17.0 Å². The zero-order chi connectivity index (χ0) is 22.3. The second-order valence-electron chi connectivity index (χ2n) is 8.20. The van der Waals surface area contributed by atoms with Gasteiger partial charge in [0.1, 0.15) is 12.4 Å². The van der Waals surface area contributed by atoms with Crippen molar-refractivity contribution in [3.8, 4) is 5.75 Å². The fraction of sp³-hybridized carbons (Fsp3) is 0.360. The molecule has 3 aromatic rings. The van der Waals surface area contributed by atoms with Crippen molar-refractivity contribution in [2.75, 3.05) is 6.61 Å². The Labute approximate surface area is 193 Å². The van der Waals surface area contributed by atoms with Gasteiger partial charge in [-0.2, -0.15) is 0 Å². The molecule has 0 spiro atoms. The highest BCUT2D eigenvalue weighted by atomic mass is 35.5. The molecule has 0 saturated heterocycles. The van der Waals surface area contributed by atoms with Crippen molar-refractivity contribution in [2.45, 2.75) is 38.1 Å². The minimum Gasteiger partial charge on any atom is -0.486 e. The largest absolute Gasteiger partial charge is 0.486 e. The molecule has 32 heavy (non-hydrogen) atoms. The third-order valence-corrected chi connectivity index (χ3v) is 6.32. The molecule has 0 radical (unpaired) electrons. The van der Waals surface area contributed by atoms with Crippen LogP contribution in [0.15, 0.2) is 66.9 Å². The van der Waals surface area contributed by atoms with Crippen LogP contribution in [0.3, 0.4) is 0 Å². The first-order valence-electron chi connectivity index (χ1n) is 10.9. The number of ether oxygens (including phenoxy) is 1. The van der Waals surface area contributed by atoms with Crippen molar-refractivity contribution >= 4 is 11.6 Å². The zero-order valence-electron chi connectivity index (χ0n) is 17.8. The van der Waals surface area contributed by atoms with Crippen LogP contribution < -0.4 is 10.1 Å². The first kappa shape index (κ1) is 22.7. The standard InChI is InChI=1S/C25H28ClN3O3/c26-18-8-6-17(7-9-18)14-28-23-13-24(31)22(15-30)21(23)12-19-10-11-27-25(29-19)16-32-20-4-2-1-3-5-20/h1-11,21-24,28,30-31H,12-16H2/t21-,22-,23-,24-/m1/s1. The van der Waals surface area contributed by atoms with Crippen molar-refractivity contribution in [1.82, 2.24) is 15.3 Å². The summed E-state index contributed by atoms with van der Waals surface area (Å²) in [6.07, 6.45) is 2.43. The lowest BCUT2D eigenvalue weighted by molar-refractivity contribution is 0.0715. The quantitative estimate of drug-likeness (QED) is 0.460. The van der Waals surface area contributed by atoms with Gasteiger partial charge in [-0.15, -0.1) is 0 Å². The highest BCUT2D eigenvalue weighted by molar-refractivity contribution is 6.30. The van der Waals surface area contributed by atoms with Crippen molar-refractivity contribution in [3.63, 3.8) is 0 Å². The van der Waals surface area contributed by atoms with E-state index in [0.29, 0.717) is 30.2 Å². The molecule has 1 fully saturated rings. The Kier molecular flexibility index (Phi) is 7.71. The Balaban J connectivity index is 1.41. The van der Waals surface area contributed by atoms with Crippen LogP contribution in [0.5, 0.6) is 5.75 Å². The lowest BCUT2D eigenvalue weighted by Gasteiger charge is -2.25. The van der Waals surface area contributed by atoms with E-state index in [2.05, 4.69) is 15.3 Å². The minimum atomic E-state index is -0.546. The summed E-state index contributed by atoms with van der Waals surface area (Å²) in [5.74, 6) is 1.24. The Bertz CT molecular complexity index is 987. The van der Waals surface area contributed by atoms with Gasteiger partial charge >= 0.3 is 0 Å². The fourth-order valence-electron chi connectivity index (χ4n) is 4.36.